The summed E-state index contributed by atoms with van der Waals surface area (Å²) in [7, 11) is 0. The predicted octanol–water partition coefficient (Wildman–Crippen LogP) is 1.70. The highest BCUT2D eigenvalue weighted by atomic mass is 16.6. The highest BCUT2D eigenvalue weighted by Crippen LogP contribution is 2.20. The molecule has 5 nitrogen and oxygen atoms in total. The monoisotopic (exact) mass is 272 g/mol. The predicted molar refractivity (Wildman–Crippen MR) is 74.3 cm³/mol. The van der Waals surface area contributed by atoms with Crippen molar-refractivity contribution in [1.29, 1.82) is 0 Å². The van der Waals surface area contributed by atoms with Gasteiger partial charge in [-0.3, -0.25) is 9.36 Å². The number of hydrogen-bond donors (Lipinski definition) is 0. The van der Waals surface area contributed by atoms with Crippen LogP contribution in [0.3, 0.4) is 0 Å². The lowest BCUT2D eigenvalue weighted by atomic mass is 10.1. The Morgan fingerprint density at radius 1 is 1.35 bits per heavy atom. The molecule has 2 heterocycles. The number of fused-ring (bicyclic) bond motifs is 1. The summed E-state index contributed by atoms with van der Waals surface area (Å²) in [4.78, 5) is 15.0. The van der Waals surface area contributed by atoms with Crippen molar-refractivity contribution < 1.29 is 9.47 Å². The molecule has 0 aliphatic carbocycles. The summed E-state index contributed by atoms with van der Waals surface area (Å²) in [6.07, 6.45) is 1.58. The van der Waals surface area contributed by atoms with Crippen LogP contribution < -0.4 is 15.0 Å². The fourth-order valence-corrected chi connectivity index (χ4v) is 2.13. The minimum atomic E-state index is -0.285. The molecule has 0 amide bonds. The van der Waals surface area contributed by atoms with Crippen LogP contribution in [0.4, 0.5) is 0 Å². The van der Waals surface area contributed by atoms with Gasteiger partial charge >= 0.3 is 0 Å². The zero-order chi connectivity index (χ0) is 14.1. The van der Waals surface area contributed by atoms with Crippen molar-refractivity contribution in [1.82, 2.24) is 9.55 Å². The van der Waals surface area contributed by atoms with Gasteiger partial charge in [0.25, 0.3) is 11.6 Å². The molecule has 3 rings (SSSR count). The Hall–Kier alpha value is -2.30. The molecule has 1 aromatic heterocycles. The summed E-state index contributed by atoms with van der Waals surface area (Å²) in [5, 5.41) is 0. The average Bonchev–Trinajstić information content (AvgIpc) is 2.82. The van der Waals surface area contributed by atoms with Gasteiger partial charge in [-0.25, -0.2) is 0 Å². The molecule has 1 unspecified atom stereocenters. The van der Waals surface area contributed by atoms with Crippen LogP contribution in [-0.2, 0) is 6.54 Å². The molecule has 0 saturated heterocycles. The number of benzene rings is 1. The molecule has 1 aromatic carbocycles. The minimum absolute atomic E-state index is 0.120. The number of aromatic nitrogens is 2. The van der Waals surface area contributed by atoms with Gasteiger partial charge in [0, 0.05) is 12.3 Å². The van der Waals surface area contributed by atoms with E-state index in [0.717, 1.165) is 5.75 Å². The van der Waals surface area contributed by atoms with Crippen molar-refractivity contribution in [2.45, 2.75) is 26.5 Å². The third-order valence-corrected chi connectivity index (χ3v) is 3.44. The normalized spacial score (nSPS) is 16.6. The maximum atomic E-state index is 11.1. The van der Waals surface area contributed by atoms with Crippen molar-refractivity contribution in [2.75, 3.05) is 6.61 Å². The molecule has 0 bridgehead atoms. The summed E-state index contributed by atoms with van der Waals surface area (Å²) >= 11 is 0. The number of nitrogens with zero attached hydrogens (tertiary/aromatic N) is 2. The molecule has 1 atom stereocenters. The minimum Gasteiger partial charge on any atom is -0.490 e. The van der Waals surface area contributed by atoms with Crippen molar-refractivity contribution in [2.24, 2.45) is 0 Å². The van der Waals surface area contributed by atoms with E-state index in [1.165, 1.54) is 17.2 Å². The Kier molecular flexibility index (Phi) is 3.18. The molecule has 104 valence electrons. The van der Waals surface area contributed by atoms with Gasteiger partial charge in [0.1, 0.15) is 12.4 Å². The molecule has 20 heavy (non-hydrogen) atoms. The number of aryl methyl sites for hydroxylation is 2. The molecule has 5 heteroatoms. The van der Waals surface area contributed by atoms with E-state index >= 15 is 0 Å². The smallest absolute Gasteiger partial charge is 0.300 e. The summed E-state index contributed by atoms with van der Waals surface area (Å²) in [5.74, 6) is 0.829. The Morgan fingerprint density at radius 3 is 3.00 bits per heavy atom. The van der Waals surface area contributed by atoms with E-state index in [1.807, 2.05) is 22.8 Å². The van der Waals surface area contributed by atoms with Crippen LogP contribution in [0.2, 0.25) is 0 Å². The topological polar surface area (TPSA) is 53.4 Å². The quantitative estimate of drug-likeness (QED) is 0.853. The van der Waals surface area contributed by atoms with Gasteiger partial charge in [-0.2, -0.15) is 4.98 Å². The Labute approximate surface area is 116 Å². The first kappa shape index (κ1) is 12.7. The highest BCUT2D eigenvalue weighted by molar-refractivity contribution is 5.33. The summed E-state index contributed by atoms with van der Waals surface area (Å²) < 4.78 is 13.1. The van der Waals surface area contributed by atoms with Crippen LogP contribution in [0.5, 0.6) is 11.8 Å². The summed E-state index contributed by atoms with van der Waals surface area (Å²) in [6, 6.07) is 7.80. The molecule has 0 fully saturated rings. The SMILES string of the molecule is Cc1ccc(OCC2Cn3ccc(=O)nc3O2)cc1C. The number of rotatable bonds is 3. The highest BCUT2D eigenvalue weighted by Gasteiger charge is 2.23. The van der Waals surface area contributed by atoms with Crippen molar-refractivity contribution in [3.63, 3.8) is 0 Å². The van der Waals surface area contributed by atoms with Gasteiger partial charge in [0.2, 0.25) is 0 Å². The van der Waals surface area contributed by atoms with Crippen LogP contribution >= 0.6 is 0 Å². The maximum Gasteiger partial charge on any atom is 0.300 e. The summed E-state index contributed by atoms with van der Waals surface area (Å²) in [5.41, 5.74) is 2.15. The van der Waals surface area contributed by atoms with Gasteiger partial charge < -0.3 is 9.47 Å². The van der Waals surface area contributed by atoms with E-state index < -0.39 is 0 Å². The first-order valence-corrected chi connectivity index (χ1v) is 6.56. The van der Waals surface area contributed by atoms with Crippen LogP contribution in [0, 0.1) is 13.8 Å². The fraction of sp³-hybridized carbons (Fsp3) is 0.333. The molecule has 2 aromatic rings. The zero-order valence-corrected chi connectivity index (χ0v) is 11.5. The third-order valence-electron chi connectivity index (χ3n) is 3.44. The molecule has 0 N–H and O–H groups in total. The molecule has 0 spiro atoms. The second kappa shape index (κ2) is 5.00. The Bertz CT molecular complexity index is 694. The second-order valence-corrected chi connectivity index (χ2v) is 5.00. The standard InChI is InChI=1S/C15H16N2O3/c1-10-3-4-12(7-11(10)2)19-9-13-8-17-6-5-14(18)16-15(17)20-13/h3-7,13H,8-9H2,1-2H3. The zero-order valence-electron chi connectivity index (χ0n) is 11.5. The largest absolute Gasteiger partial charge is 0.490 e. The molecule has 0 radical (unpaired) electrons. The number of hydrogen-bond acceptors (Lipinski definition) is 4. The van der Waals surface area contributed by atoms with Crippen molar-refractivity contribution in [3.05, 3.63) is 51.9 Å². The van der Waals surface area contributed by atoms with E-state index in [9.17, 15) is 4.79 Å². The molecule has 0 saturated carbocycles. The molecular formula is C15H16N2O3. The lowest BCUT2D eigenvalue weighted by molar-refractivity contribution is 0.143. The Balaban J connectivity index is 1.63. The van der Waals surface area contributed by atoms with E-state index in [0.29, 0.717) is 19.2 Å². The molecule has 1 aliphatic heterocycles. The van der Waals surface area contributed by atoms with Gasteiger partial charge in [0.15, 0.2) is 6.10 Å². The lowest BCUT2D eigenvalue weighted by Gasteiger charge is -2.12. The van der Waals surface area contributed by atoms with Crippen LogP contribution in [0.1, 0.15) is 11.1 Å². The fourth-order valence-electron chi connectivity index (χ4n) is 2.13. The first-order chi connectivity index (χ1) is 9.61. The van der Waals surface area contributed by atoms with E-state index in [2.05, 4.69) is 18.8 Å². The van der Waals surface area contributed by atoms with Crippen molar-refractivity contribution >= 4 is 0 Å². The van der Waals surface area contributed by atoms with Gasteiger partial charge in [-0.15, -0.1) is 0 Å². The summed E-state index contributed by atoms with van der Waals surface area (Å²) in [6.45, 7) is 5.20. The van der Waals surface area contributed by atoms with Gasteiger partial charge in [0.05, 0.1) is 6.54 Å². The van der Waals surface area contributed by atoms with E-state index in [1.54, 1.807) is 6.20 Å². The maximum absolute atomic E-state index is 11.1. The van der Waals surface area contributed by atoms with Crippen LogP contribution in [0.15, 0.2) is 35.3 Å². The first-order valence-electron chi connectivity index (χ1n) is 6.56. The van der Waals surface area contributed by atoms with Crippen LogP contribution in [-0.4, -0.2) is 22.3 Å². The Morgan fingerprint density at radius 2 is 2.20 bits per heavy atom. The van der Waals surface area contributed by atoms with Crippen LogP contribution in [0.25, 0.3) is 0 Å². The molecular weight excluding hydrogens is 256 g/mol. The second-order valence-electron chi connectivity index (χ2n) is 5.00. The molecule has 1 aliphatic rings. The van der Waals surface area contributed by atoms with Crippen molar-refractivity contribution in [3.8, 4) is 11.8 Å². The van der Waals surface area contributed by atoms with E-state index in [-0.39, 0.29) is 11.7 Å². The number of ether oxygens (including phenoxy) is 2. The van der Waals surface area contributed by atoms with Gasteiger partial charge in [-0.1, -0.05) is 6.07 Å². The van der Waals surface area contributed by atoms with Gasteiger partial charge in [-0.05, 0) is 37.1 Å². The van der Waals surface area contributed by atoms with E-state index in [4.69, 9.17) is 9.47 Å². The third kappa shape index (κ3) is 2.52. The lowest BCUT2D eigenvalue weighted by Crippen LogP contribution is -2.23. The average molecular weight is 272 g/mol.